The quantitative estimate of drug-likeness (QED) is 0.654. The van der Waals surface area contributed by atoms with Crippen LogP contribution in [0.2, 0.25) is 0 Å². The number of nitrogens with one attached hydrogen (secondary N) is 1. The molecule has 1 fully saturated rings. The van der Waals surface area contributed by atoms with Crippen LogP contribution in [0.15, 0.2) is 12.2 Å². The molecule has 0 saturated carbocycles. The fraction of sp³-hybridized carbons (Fsp3) is 0.667. The molecule has 0 spiro atoms. The van der Waals surface area contributed by atoms with Crippen LogP contribution in [-0.4, -0.2) is 64.4 Å². The van der Waals surface area contributed by atoms with E-state index >= 15 is 0 Å². The molecule has 1 saturated heterocycles. The maximum absolute atomic E-state index is 11.8. The predicted octanol–water partition coefficient (Wildman–Crippen LogP) is 1.32. The molecule has 3 N–H and O–H groups in total. The molecule has 1 amide bonds. The van der Waals surface area contributed by atoms with E-state index in [9.17, 15) is 14.4 Å². The molecule has 0 aliphatic carbocycles. The van der Waals surface area contributed by atoms with Crippen molar-refractivity contribution in [2.75, 3.05) is 19.6 Å². The van der Waals surface area contributed by atoms with Crippen LogP contribution in [0.3, 0.4) is 0 Å². The van der Waals surface area contributed by atoms with E-state index < -0.39 is 17.5 Å². The van der Waals surface area contributed by atoms with Crippen molar-refractivity contribution in [1.29, 1.82) is 0 Å². The van der Waals surface area contributed by atoms with Crippen LogP contribution in [0, 0.1) is 0 Å². The molecule has 23 heavy (non-hydrogen) atoms. The van der Waals surface area contributed by atoms with Gasteiger partial charge in [-0.2, -0.15) is 0 Å². The summed E-state index contributed by atoms with van der Waals surface area (Å²) in [6.45, 7) is 10.3. The van der Waals surface area contributed by atoms with Crippen molar-refractivity contribution in [3.05, 3.63) is 12.2 Å². The zero-order chi connectivity index (χ0) is 18.0. The zero-order valence-corrected chi connectivity index (χ0v) is 14.0. The minimum atomic E-state index is -1.26. The number of amides is 1. The number of carboxylic acid groups (broad SMARTS) is 2. The SMILES string of the molecule is C[C@H]1CN(C(=O)OC(C)(C)C)CCCN1.O=C(O)/C=C\C(=O)O. The Morgan fingerprint density at radius 2 is 1.70 bits per heavy atom. The largest absolute Gasteiger partial charge is 0.478 e. The maximum Gasteiger partial charge on any atom is 0.410 e. The number of ether oxygens (including phenoxy) is 1. The molecule has 1 aliphatic rings. The average molecular weight is 330 g/mol. The molecule has 0 unspecified atom stereocenters. The summed E-state index contributed by atoms with van der Waals surface area (Å²) in [4.78, 5) is 32.7. The number of nitrogens with zero attached hydrogens (tertiary/aromatic N) is 1. The molecule has 0 bridgehead atoms. The second-order valence-corrected chi connectivity index (χ2v) is 6.14. The van der Waals surface area contributed by atoms with Gasteiger partial charge in [-0.25, -0.2) is 14.4 Å². The highest BCUT2D eigenvalue weighted by atomic mass is 16.6. The Kier molecular flexibility index (Phi) is 8.94. The minimum Gasteiger partial charge on any atom is -0.478 e. The van der Waals surface area contributed by atoms with Crippen LogP contribution >= 0.6 is 0 Å². The van der Waals surface area contributed by atoms with Gasteiger partial charge in [0.2, 0.25) is 0 Å². The number of carbonyl (C=O) groups is 3. The van der Waals surface area contributed by atoms with Crippen LogP contribution in [0.25, 0.3) is 0 Å². The third-order valence-electron chi connectivity index (χ3n) is 2.61. The van der Waals surface area contributed by atoms with Crippen molar-refractivity contribution < 1.29 is 29.3 Å². The van der Waals surface area contributed by atoms with E-state index in [-0.39, 0.29) is 6.09 Å². The summed E-state index contributed by atoms with van der Waals surface area (Å²) in [5.41, 5.74) is -0.403. The molecule has 132 valence electrons. The van der Waals surface area contributed by atoms with Gasteiger partial charge in [0.25, 0.3) is 0 Å². The van der Waals surface area contributed by atoms with Crippen molar-refractivity contribution in [3.8, 4) is 0 Å². The molecule has 0 aromatic carbocycles. The van der Waals surface area contributed by atoms with Gasteiger partial charge >= 0.3 is 18.0 Å². The van der Waals surface area contributed by atoms with E-state index in [4.69, 9.17) is 14.9 Å². The highest BCUT2D eigenvalue weighted by Gasteiger charge is 2.24. The Morgan fingerprint density at radius 1 is 1.17 bits per heavy atom. The van der Waals surface area contributed by atoms with E-state index in [1.165, 1.54) is 0 Å². The van der Waals surface area contributed by atoms with Crippen molar-refractivity contribution in [1.82, 2.24) is 10.2 Å². The third kappa shape index (κ3) is 12.2. The summed E-state index contributed by atoms with van der Waals surface area (Å²) < 4.78 is 5.34. The third-order valence-corrected chi connectivity index (χ3v) is 2.61. The Labute approximate surface area is 136 Å². The van der Waals surface area contributed by atoms with Gasteiger partial charge in [0.15, 0.2) is 0 Å². The predicted molar refractivity (Wildman–Crippen MR) is 84.3 cm³/mol. The second-order valence-electron chi connectivity index (χ2n) is 6.14. The summed E-state index contributed by atoms with van der Waals surface area (Å²) in [5.74, 6) is -2.51. The lowest BCUT2D eigenvalue weighted by Gasteiger charge is -2.27. The highest BCUT2D eigenvalue weighted by molar-refractivity contribution is 5.89. The topological polar surface area (TPSA) is 116 Å². The minimum absolute atomic E-state index is 0.196. The molecule has 0 aromatic rings. The Bertz CT molecular complexity index is 426. The van der Waals surface area contributed by atoms with Crippen LogP contribution in [-0.2, 0) is 14.3 Å². The normalized spacial score (nSPS) is 18.6. The zero-order valence-electron chi connectivity index (χ0n) is 14.0. The van der Waals surface area contributed by atoms with Gasteiger partial charge in [-0.1, -0.05) is 0 Å². The van der Waals surface area contributed by atoms with Gasteiger partial charge in [0, 0.05) is 31.3 Å². The van der Waals surface area contributed by atoms with Crippen molar-refractivity contribution in [3.63, 3.8) is 0 Å². The summed E-state index contributed by atoms with van der Waals surface area (Å²) >= 11 is 0. The molecular formula is C15H26N2O6. The Hall–Kier alpha value is -2.09. The van der Waals surface area contributed by atoms with Gasteiger partial charge in [0.05, 0.1) is 0 Å². The number of carbonyl (C=O) groups excluding carboxylic acids is 1. The molecule has 0 radical (unpaired) electrons. The van der Waals surface area contributed by atoms with Crippen LogP contribution in [0.4, 0.5) is 4.79 Å². The van der Waals surface area contributed by atoms with Gasteiger partial charge in [-0.05, 0) is 40.7 Å². The Morgan fingerprint density at radius 3 is 2.13 bits per heavy atom. The molecule has 1 heterocycles. The van der Waals surface area contributed by atoms with Crippen molar-refractivity contribution in [2.45, 2.75) is 45.8 Å². The fourth-order valence-electron chi connectivity index (χ4n) is 1.74. The first-order valence-electron chi connectivity index (χ1n) is 7.36. The van der Waals surface area contributed by atoms with Crippen molar-refractivity contribution >= 4 is 18.0 Å². The van der Waals surface area contributed by atoms with E-state index in [0.717, 1.165) is 26.1 Å². The smallest absolute Gasteiger partial charge is 0.410 e. The maximum atomic E-state index is 11.8. The van der Waals surface area contributed by atoms with Crippen LogP contribution < -0.4 is 5.32 Å². The average Bonchev–Trinajstić information content (AvgIpc) is 2.60. The van der Waals surface area contributed by atoms with E-state index in [0.29, 0.717) is 18.2 Å². The van der Waals surface area contributed by atoms with Gasteiger partial charge in [0.1, 0.15) is 5.60 Å². The lowest BCUT2D eigenvalue weighted by Crippen LogP contribution is -2.41. The highest BCUT2D eigenvalue weighted by Crippen LogP contribution is 2.11. The first kappa shape index (κ1) is 20.9. The number of hydrogen-bond acceptors (Lipinski definition) is 5. The van der Waals surface area contributed by atoms with E-state index in [1.807, 2.05) is 20.8 Å². The number of rotatable bonds is 2. The molecular weight excluding hydrogens is 304 g/mol. The fourth-order valence-corrected chi connectivity index (χ4v) is 1.74. The first-order chi connectivity index (χ1) is 10.5. The summed E-state index contributed by atoms with van der Waals surface area (Å²) in [7, 11) is 0. The molecule has 0 aromatic heterocycles. The van der Waals surface area contributed by atoms with E-state index in [1.54, 1.807) is 4.90 Å². The number of aliphatic carboxylic acids is 2. The monoisotopic (exact) mass is 330 g/mol. The number of hydrogen-bond donors (Lipinski definition) is 3. The molecule has 8 nitrogen and oxygen atoms in total. The van der Waals surface area contributed by atoms with Gasteiger partial charge in [-0.15, -0.1) is 0 Å². The number of carboxylic acids is 2. The standard InChI is InChI=1S/C11H22N2O2.C4H4O4/c1-9-8-13(7-5-6-12-9)10(14)15-11(2,3)4;5-3(6)1-2-4(7)8/h9,12H,5-8H2,1-4H3;1-2H,(H,5,6)(H,7,8)/b;2-1-/t9-;/m0./s1. The molecule has 1 atom stereocenters. The lowest BCUT2D eigenvalue weighted by molar-refractivity contribution is -0.134. The summed E-state index contributed by atoms with van der Waals surface area (Å²) in [5, 5.41) is 19.0. The lowest BCUT2D eigenvalue weighted by atomic mass is 10.2. The second kappa shape index (κ2) is 9.83. The van der Waals surface area contributed by atoms with Gasteiger partial charge < -0.3 is 25.2 Å². The summed E-state index contributed by atoms with van der Waals surface area (Å²) in [6, 6.07) is 0.347. The molecule has 1 aliphatic heterocycles. The van der Waals surface area contributed by atoms with Gasteiger partial charge in [-0.3, -0.25) is 0 Å². The first-order valence-corrected chi connectivity index (χ1v) is 7.36. The van der Waals surface area contributed by atoms with Crippen LogP contribution in [0.5, 0.6) is 0 Å². The van der Waals surface area contributed by atoms with Crippen LogP contribution in [0.1, 0.15) is 34.1 Å². The molecule has 1 rings (SSSR count). The summed E-state index contributed by atoms with van der Waals surface area (Å²) in [6.07, 6.45) is 1.91. The van der Waals surface area contributed by atoms with Crippen molar-refractivity contribution in [2.24, 2.45) is 0 Å². The Balaban J connectivity index is 0.000000515. The molecule has 8 heteroatoms. The van der Waals surface area contributed by atoms with E-state index in [2.05, 4.69) is 12.2 Å².